The highest BCUT2D eigenvalue weighted by Crippen LogP contribution is 2.08. The summed E-state index contributed by atoms with van der Waals surface area (Å²) in [7, 11) is 0. The Labute approximate surface area is 95.3 Å². The molecule has 86 valence electrons. The fourth-order valence-corrected chi connectivity index (χ4v) is 1.54. The first-order valence-corrected chi connectivity index (χ1v) is 5.64. The van der Waals surface area contributed by atoms with Gasteiger partial charge in [-0.15, -0.1) is 0 Å². The molecule has 2 heterocycles. The molecule has 0 aromatic carbocycles. The highest BCUT2D eigenvalue weighted by molar-refractivity contribution is 5.07. The summed E-state index contributed by atoms with van der Waals surface area (Å²) in [5, 5.41) is 7.44. The molecule has 2 rings (SSSR count). The third-order valence-electron chi connectivity index (χ3n) is 2.32. The van der Waals surface area contributed by atoms with Gasteiger partial charge in [0.25, 0.3) is 0 Å². The largest absolute Gasteiger partial charge is 0.463 e. The predicted molar refractivity (Wildman–Crippen MR) is 62.0 cm³/mol. The van der Waals surface area contributed by atoms with Gasteiger partial charge in [0.2, 0.25) is 0 Å². The van der Waals surface area contributed by atoms with E-state index >= 15 is 0 Å². The average Bonchev–Trinajstić information content (AvgIpc) is 2.91. The Morgan fingerprint density at radius 1 is 1.38 bits per heavy atom. The smallest absolute Gasteiger partial charge is 0.125 e. The van der Waals surface area contributed by atoms with Gasteiger partial charge in [-0.25, -0.2) is 0 Å². The first kappa shape index (κ1) is 11.0. The van der Waals surface area contributed by atoms with Gasteiger partial charge in [0.05, 0.1) is 13.1 Å². The van der Waals surface area contributed by atoms with E-state index in [1.807, 2.05) is 29.1 Å². The molecule has 0 unspecified atom stereocenters. The normalized spacial score (nSPS) is 10.8. The van der Waals surface area contributed by atoms with Crippen LogP contribution in [0.3, 0.4) is 0 Å². The fourth-order valence-electron chi connectivity index (χ4n) is 1.54. The van der Waals surface area contributed by atoms with E-state index in [2.05, 4.69) is 17.3 Å². The van der Waals surface area contributed by atoms with E-state index in [4.69, 9.17) is 4.42 Å². The Morgan fingerprint density at radius 2 is 2.25 bits per heavy atom. The average molecular weight is 219 g/mol. The van der Waals surface area contributed by atoms with Crippen molar-refractivity contribution >= 4 is 0 Å². The van der Waals surface area contributed by atoms with Crippen LogP contribution in [0, 0.1) is 0 Å². The van der Waals surface area contributed by atoms with Crippen molar-refractivity contribution in [1.29, 1.82) is 0 Å². The molecule has 2 aromatic heterocycles. The molecule has 0 atom stereocenters. The summed E-state index contributed by atoms with van der Waals surface area (Å²) < 4.78 is 7.53. The molecule has 0 aliphatic heterocycles. The number of rotatable bonds is 6. The highest BCUT2D eigenvalue weighted by atomic mass is 16.3. The van der Waals surface area contributed by atoms with Gasteiger partial charge in [0.1, 0.15) is 11.5 Å². The van der Waals surface area contributed by atoms with E-state index in [0.717, 1.165) is 31.0 Å². The summed E-state index contributed by atoms with van der Waals surface area (Å²) in [6.07, 6.45) is 4.84. The van der Waals surface area contributed by atoms with E-state index in [9.17, 15) is 0 Å². The van der Waals surface area contributed by atoms with E-state index < -0.39 is 0 Å². The van der Waals surface area contributed by atoms with Crippen LogP contribution in [0.15, 0.2) is 35.0 Å². The molecule has 0 fully saturated rings. The molecule has 0 spiro atoms. The number of nitrogens with zero attached hydrogens (tertiary/aromatic N) is 2. The summed E-state index contributed by atoms with van der Waals surface area (Å²) >= 11 is 0. The maximum atomic E-state index is 5.68. The molecular formula is C12H17N3O. The third kappa shape index (κ3) is 2.97. The lowest BCUT2D eigenvalue weighted by atomic mass is 10.4. The van der Waals surface area contributed by atoms with Crippen LogP contribution >= 0.6 is 0 Å². The number of aromatic nitrogens is 2. The predicted octanol–water partition coefficient (Wildman–Crippen LogP) is 2.02. The molecule has 0 saturated heterocycles. The van der Waals surface area contributed by atoms with Crippen molar-refractivity contribution in [3.63, 3.8) is 0 Å². The molecule has 4 nitrogen and oxygen atoms in total. The van der Waals surface area contributed by atoms with Crippen molar-refractivity contribution in [3.05, 3.63) is 42.1 Å². The van der Waals surface area contributed by atoms with Gasteiger partial charge in [-0.05, 0) is 31.2 Å². The molecule has 16 heavy (non-hydrogen) atoms. The zero-order chi connectivity index (χ0) is 11.2. The Bertz CT molecular complexity index is 406. The highest BCUT2D eigenvalue weighted by Gasteiger charge is 2.02. The van der Waals surface area contributed by atoms with Crippen molar-refractivity contribution < 1.29 is 4.42 Å². The minimum absolute atomic E-state index is 0.695. The maximum absolute atomic E-state index is 5.68. The Hall–Kier alpha value is -1.55. The quantitative estimate of drug-likeness (QED) is 0.756. The van der Waals surface area contributed by atoms with Crippen molar-refractivity contribution in [2.45, 2.75) is 26.4 Å². The van der Waals surface area contributed by atoms with Gasteiger partial charge in [0.15, 0.2) is 0 Å². The van der Waals surface area contributed by atoms with Gasteiger partial charge < -0.3 is 9.73 Å². The van der Waals surface area contributed by atoms with Crippen LogP contribution in [-0.4, -0.2) is 16.3 Å². The molecule has 0 aliphatic rings. The third-order valence-corrected chi connectivity index (χ3v) is 2.32. The molecule has 0 saturated carbocycles. The summed E-state index contributed by atoms with van der Waals surface area (Å²) in [4.78, 5) is 0. The van der Waals surface area contributed by atoms with E-state index in [0.29, 0.717) is 6.54 Å². The molecule has 0 radical (unpaired) electrons. The van der Waals surface area contributed by atoms with Gasteiger partial charge >= 0.3 is 0 Å². The summed E-state index contributed by atoms with van der Waals surface area (Å²) in [6.45, 7) is 4.67. The van der Waals surface area contributed by atoms with Crippen LogP contribution in [0.4, 0.5) is 0 Å². The molecule has 0 bridgehead atoms. The van der Waals surface area contributed by atoms with Crippen molar-refractivity contribution in [1.82, 2.24) is 15.1 Å². The molecule has 2 aromatic rings. The van der Waals surface area contributed by atoms with Crippen LogP contribution in [-0.2, 0) is 13.1 Å². The number of furan rings is 1. The second-order valence-electron chi connectivity index (χ2n) is 3.75. The van der Waals surface area contributed by atoms with Crippen molar-refractivity contribution in [2.75, 3.05) is 6.54 Å². The number of hydrogen-bond donors (Lipinski definition) is 1. The van der Waals surface area contributed by atoms with Crippen LogP contribution in [0.5, 0.6) is 0 Å². The minimum Gasteiger partial charge on any atom is -0.463 e. The Morgan fingerprint density at radius 3 is 3.00 bits per heavy atom. The minimum atomic E-state index is 0.695. The van der Waals surface area contributed by atoms with Gasteiger partial charge in [-0.2, -0.15) is 5.10 Å². The summed E-state index contributed by atoms with van der Waals surface area (Å²) in [6, 6.07) is 5.93. The van der Waals surface area contributed by atoms with Gasteiger partial charge in [-0.3, -0.25) is 4.68 Å². The summed E-state index contributed by atoms with van der Waals surface area (Å²) in [5.74, 6) is 1.92. The molecule has 0 amide bonds. The topological polar surface area (TPSA) is 43.0 Å². The molecule has 1 N–H and O–H groups in total. The molecule has 0 aliphatic carbocycles. The Kier molecular flexibility index (Phi) is 3.77. The number of hydrogen-bond acceptors (Lipinski definition) is 3. The van der Waals surface area contributed by atoms with Crippen LogP contribution in [0.1, 0.15) is 24.9 Å². The molecular weight excluding hydrogens is 202 g/mol. The van der Waals surface area contributed by atoms with Crippen LogP contribution in [0.25, 0.3) is 0 Å². The second-order valence-corrected chi connectivity index (χ2v) is 3.75. The lowest BCUT2D eigenvalue weighted by Gasteiger charge is -2.00. The standard InChI is InChI=1S/C12H17N3O/c1-2-6-13-9-11-4-5-12(16-11)10-15-8-3-7-14-15/h3-5,7-8,13H,2,6,9-10H2,1H3. The number of nitrogens with one attached hydrogen (secondary N) is 1. The zero-order valence-electron chi connectivity index (χ0n) is 9.52. The summed E-state index contributed by atoms with van der Waals surface area (Å²) in [5.41, 5.74) is 0. The monoisotopic (exact) mass is 219 g/mol. The van der Waals surface area contributed by atoms with Crippen LogP contribution in [0.2, 0.25) is 0 Å². The zero-order valence-corrected chi connectivity index (χ0v) is 9.52. The van der Waals surface area contributed by atoms with E-state index in [-0.39, 0.29) is 0 Å². The lowest BCUT2D eigenvalue weighted by molar-refractivity contribution is 0.430. The Balaban J connectivity index is 1.87. The first-order valence-electron chi connectivity index (χ1n) is 5.64. The maximum Gasteiger partial charge on any atom is 0.125 e. The van der Waals surface area contributed by atoms with Crippen molar-refractivity contribution in [2.24, 2.45) is 0 Å². The lowest BCUT2D eigenvalue weighted by Crippen LogP contribution is -2.13. The van der Waals surface area contributed by atoms with E-state index in [1.54, 1.807) is 6.20 Å². The fraction of sp³-hybridized carbons (Fsp3) is 0.417. The van der Waals surface area contributed by atoms with Gasteiger partial charge in [-0.1, -0.05) is 6.92 Å². The molecule has 4 heteroatoms. The SMILES string of the molecule is CCCNCc1ccc(Cn2cccn2)o1. The first-order chi connectivity index (χ1) is 7.88. The van der Waals surface area contributed by atoms with Crippen molar-refractivity contribution in [3.8, 4) is 0 Å². The van der Waals surface area contributed by atoms with Crippen LogP contribution < -0.4 is 5.32 Å². The van der Waals surface area contributed by atoms with E-state index in [1.165, 1.54) is 0 Å². The van der Waals surface area contributed by atoms with Gasteiger partial charge in [0, 0.05) is 12.4 Å². The second kappa shape index (κ2) is 5.51.